The number of sulfonamides is 1. The normalized spacial score (nSPS) is 12.8. The number of rotatable bonds is 13. The number of amides is 2. The predicted molar refractivity (Wildman–Crippen MR) is 161 cm³/mol. The van der Waals surface area contributed by atoms with Crippen molar-refractivity contribution in [3.05, 3.63) is 95.0 Å². The van der Waals surface area contributed by atoms with Crippen molar-refractivity contribution in [2.75, 3.05) is 17.4 Å². The molecule has 0 saturated carbocycles. The maximum atomic E-state index is 14.1. The van der Waals surface area contributed by atoms with Gasteiger partial charge in [-0.2, -0.15) is 0 Å². The highest BCUT2D eigenvalue weighted by molar-refractivity contribution is 7.92. The van der Waals surface area contributed by atoms with E-state index in [0.29, 0.717) is 29.1 Å². The van der Waals surface area contributed by atoms with Gasteiger partial charge in [-0.15, -0.1) is 0 Å². The highest BCUT2D eigenvalue weighted by Gasteiger charge is 2.34. The second kappa shape index (κ2) is 14.3. The van der Waals surface area contributed by atoms with Crippen LogP contribution in [0.5, 0.6) is 0 Å². The lowest BCUT2D eigenvalue weighted by Crippen LogP contribution is -2.54. The second-order valence-electron chi connectivity index (χ2n) is 9.77. The Morgan fingerprint density at radius 1 is 0.900 bits per heavy atom. The van der Waals surface area contributed by atoms with Crippen LogP contribution in [0.25, 0.3) is 0 Å². The summed E-state index contributed by atoms with van der Waals surface area (Å²) in [6, 6.07) is 21.8. The van der Waals surface area contributed by atoms with Crippen molar-refractivity contribution in [2.24, 2.45) is 0 Å². The van der Waals surface area contributed by atoms with E-state index in [9.17, 15) is 18.0 Å². The van der Waals surface area contributed by atoms with E-state index >= 15 is 0 Å². The van der Waals surface area contributed by atoms with Gasteiger partial charge < -0.3 is 10.2 Å². The molecule has 0 saturated heterocycles. The zero-order chi connectivity index (χ0) is 29.3. The van der Waals surface area contributed by atoms with E-state index in [1.807, 2.05) is 51.1 Å². The molecule has 0 unspecified atom stereocenters. The van der Waals surface area contributed by atoms with Crippen LogP contribution in [0.15, 0.2) is 83.8 Å². The summed E-state index contributed by atoms with van der Waals surface area (Å²) < 4.78 is 28.9. The van der Waals surface area contributed by atoms with Gasteiger partial charge >= 0.3 is 0 Å². The Morgan fingerprint density at radius 3 is 2.12 bits per heavy atom. The molecule has 0 aliphatic rings. The first-order valence-corrected chi connectivity index (χ1v) is 15.4. The summed E-state index contributed by atoms with van der Waals surface area (Å²) in [5.41, 5.74) is 1.86. The van der Waals surface area contributed by atoms with Crippen molar-refractivity contribution in [1.82, 2.24) is 10.2 Å². The molecule has 0 aliphatic heterocycles. The van der Waals surface area contributed by atoms with Crippen LogP contribution in [0.2, 0.25) is 5.02 Å². The van der Waals surface area contributed by atoms with Gasteiger partial charge in [0.1, 0.15) is 12.6 Å². The first-order chi connectivity index (χ1) is 19.1. The lowest BCUT2D eigenvalue weighted by Gasteiger charge is -2.34. The van der Waals surface area contributed by atoms with E-state index in [1.165, 1.54) is 17.0 Å². The first-order valence-electron chi connectivity index (χ1n) is 13.6. The summed E-state index contributed by atoms with van der Waals surface area (Å²) in [5, 5.41) is 3.38. The van der Waals surface area contributed by atoms with Crippen molar-refractivity contribution in [1.29, 1.82) is 0 Å². The summed E-state index contributed by atoms with van der Waals surface area (Å²) in [4.78, 5) is 29.0. The average Bonchev–Trinajstić information content (AvgIpc) is 2.96. The van der Waals surface area contributed by atoms with Gasteiger partial charge in [-0.3, -0.25) is 13.9 Å². The van der Waals surface area contributed by atoms with Crippen molar-refractivity contribution in [2.45, 2.75) is 63.9 Å². The van der Waals surface area contributed by atoms with E-state index in [1.54, 1.807) is 43.3 Å². The molecule has 214 valence electrons. The smallest absolute Gasteiger partial charge is 0.264 e. The molecular weight excluding hydrogens is 546 g/mol. The van der Waals surface area contributed by atoms with Crippen LogP contribution in [-0.4, -0.2) is 50.3 Å². The Balaban J connectivity index is 2.04. The molecular formula is C31H38ClN3O4S. The van der Waals surface area contributed by atoms with Crippen LogP contribution < -0.4 is 9.62 Å². The maximum Gasteiger partial charge on any atom is 0.264 e. The molecule has 0 bridgehead atoms. The molecule has 40 heavy (non-hydrogen) atoms. The molecule has 0 fully saturated rings. The molecule has 1 N–H and O–H groups in total. The number of hydrogen-bond acceptors (Lipinski definition) is 4. The number of hydrogen-bond donors (Lipinski definition) is 1. The van der Waals surface area contributed by atoms with E-state index in [-0.39, 0.29) is 23.4 Å². The van der Waals surface area contributed by atoms with Gasteiger partial charge in [-0.1, -0.05) is 80.0 Å². The van der Waals surface area contributed by atoms with Crippen molar-refractivity contribution in [3.8, 4) is 0 Å². The molecule has 3 aromatic rings. The summed E-state index contributed by atoms with van der Waals surface area (Å²) in [6.45, 7) is 7.23. The number of benzene rings is 3. The zero-order valence-electron chi connectivity index (χ0n) is 23.5. The number of nitrogens with one attached hydrogen (secondary N) is 1. The first kappa shape index (κ1) is 31.2. The minimum Gasteiger partial charge on any atom is -0.352 e. The molecule has 2 atom stereocenters. The van der Waals surface area contributed by atoms with Gasteiger partial charge in [-0.05, 0) is 68.5 Å². The van der Waals surface area contributed by atoms with Crippen molar-refractivity contribution in [3.63, 3.8) is 0 Å². The molecule has 7 nitrogen and oxygen atoms in total. The summed E-state index contributed by atoms with van der Waals surface area (Å²) >= 11 is 6.38. The van der Waals surface area contributed by atoms with Gasteiger partial charge in [0.05, 0.1) is 10.6 Å². The number of carbonyl (C=O) groups is 2. The van der Waals surface area contributed by atoms with Gasteiger partial charge in [-0.25, -0.2) is 8.42 Å². The molecule has 0 aliphatic carbocycles. The molecule has 0 radical (unpaired) electrons. The predicted octanol–water partition coefficient (Wildman–Crippen LogP) is 5.61. The third kappa shape index (κ3) is 7.64. The minimum absolute atomic E-state index is 0.0552. The Labute approximate surface area is 243 Å². The van der Waals surface area contributed by atoms with Crippen LogP contribution in [0.3, 0.4) is 0 Å². The van der Waals surface area contributed by atoms with Crippen LogP contribution in [0.1, 0.15) is 44.7 Å². The molecule has 0 heterocycles. The third-order valence-corrected chi connectivity index (χ3v) is 9.17. The standard InChI is InChI=1S/C31H38ClN3O4S/c1-5-23(3)33-31(37)28(6-2)34(21-20-25-14-9-7-10-15-25)30(36)22-35(29-19-13-18-27(32)24(29)4)40(38,39)26-16-11-8-12-17-26/h7-19,23,28H,5-6,20-22H2,1-4H3,(H,33,37)/t23-,28-/m0/s1. The monoisotopic (exact) mass is 583 g/mol. The number of anilines is 1. The lowest BCUT2D eigenvalue weighted by atomic mass is 10.1. The second-order valence-corrected chi connectivity index (χ2v) is 12.0. The van der Waals surface area contributed by atoms with Crippen molar-refractivity contribution < 1.29 is 18.0 Å². The van der Waals surface area contributed by atoms with Crippen LogP contribution in [0.4, 0.5) is 5.69 Å². The van der Waals surface area contributed by atoms with E-state index in [4.69, 9.17) is 11.6 Å². The molecule has 9 heteroatoms. The molecule has 0 spiro atoms. The molecule has 0 aromatic heterocycles. The van der Waals surface area contributed by atoms with E-state index in [2.05, 4.69) is 5.32 Å². The number of carbonyl (C=O) groups excluding carboxylic acids is 2. The SMILES string of the molecule is CC[C@H](C)NC(=O)[C@H](CC)N(CCc1ccccc1)C(=O)CN(c1cccc(Cl)c1C)S(=O)(=O)c1ccccc1. The molecule has 3 aromatic carbocycles. The quantitative estimate of drug-likeness (QED) is 0.283. The third-order valence-electron chi connectivity index (χ3n) is 6.99. The molecule has 2 amide bonds. The zero-order valence-corrected chi connectivity index (χ0v) is 25.1. The van der Waals surface area contributed by atoms with E-state index in [0.717, 1.165) is 16.3 Å². The Hall–Kier alpha value is -3.36. The number of halogens is 1. The summed E-state index contributed by atoms with van der Waals surface area (Å²) in [7, 11) is -4.14. The van der Waals surface area contributed by atoms with Gasteiger partial charge in [0.15, 0.2) is 0 Å². The fourth-order valence-electron chi connectivity index (χ4n) is 4.44. The van der Waals surface area contributed by atoms with Gasteiger partial charge in [0.25, 0.3) is 10.0 Å². The lowest BCUT2D eigenvalue weighted by molar-refractivity contribution is -0.139. The van der Waals surface area contributed by atoms with E-state index < -0.39 is 28.5 Å². The fourth-order valence-corrected chi connectivity index (χ4v) is 6.10. The summed E-state index contributed by atoms with van der Waals surface area (Å²) in [5.74, 6) is -0.726. The van der Waals surface area contributed by atoms with Crippen LogP contribution >= 0.6 is 11.6 Å². The van der Waals surface area contributed by atoms with Crippen LogP contribution in [-0.2, 0) is 26.0 Å². The Kier molecular flexibility index (Phi) is 11.2. The van der Waals surface area contributed by atoms with Gasteiger partial charge in [0, 0.05) is 17.6 Å². The highest BCUT2D eigenvalue weighted by Crippen LogP contribution is 2.31. The van der Waals surface area contributed by atoms with Gasteiger partial charge in [0.2, 0.25) is 11.8 Å². The number of nitrogens with zero attached hydrogens (tertiary/aromatic N) is 2. The summed E-state index contributed by atoms with van der Waals surface area (Å²) in [6.07, 6.45) is 1.64. The largest absolute Gasteiger partial charge is 0.352 e. The topological polar surface area (TPSA) is 86.8 Å². The Bertz CT molecular complexity index is 1380. The maximum absolute atomic E-state index is 14.1. The molecule has 3 rings (SSSR count). The Morgan fingerprint density at radius 2 is 1.52 bits per heavy atom. The van der Waals surface area contributed by atoms with Crippen molar-refractivity contribution >= 4 is 39.1 Å². The van der Waals surface area contributed by atoms with Crippen LogP contribution in [0, 0.1) is 6.92 Å². The fraction of sp³-hybridized carbons (Fsp3) is 0.355. The highest BCUT2D eigenvalue weighted by atomic mass is 35.5. The average molecular weight is 584 g/mol. The minimum atomic E-state index is -4.14.